The molecule has 0 aliphatic carbocycles. The Balaban J connectivity index is 2.65. The fourth-order valence-electron chi connectivity index (χ4n) is 3.78. The highest BCUT2D eigenvalue weighted by Gasteiger charge is 2.18. The van der Waals surface area contributed by atoms with E-state index >= 15 is 0 Å². The van der Waals surface area contributed by atoms with Gasteiger partial charge in [0.2, 0.25) is 0 Å². The molecule has 0 saturated heterocycles. The molecule has 2 aromatic rings. The Morgan fingerprint density at radius 1 is 0.733 bits per heavy atom. The van der Waals surface area contributed by atoms with Crippen molar-refractivity contribution < 1.29 is 4.74 Å². The number of nitrogens with zero attached hydrogens (tertiary/aromatic N) is 1. The summed E-state index contributed by atoms with van der Waals surface area (Å²) >= 11 is 0. The molecule has 0 fully saturated rings. The first-order valence-electron chi connectivity index (χ1n) is 11.4. The Morgan fingerprint density at radius 2 is 1.13 bits per heavy atom. The first-order chi connectivity index (χ1) is 14.2. The fourth-order valence-corrected chi connectivity index (χ4v) is 3.78. The third kappa shape index (κ3) is 5.65. The monoisotopic (exact) mass is 408 g/mol. The van der Waals surface area contributed by atoms with Gasteiger partial charge in [0, 0.05) is 5.69 Å². The zero-order valence-corrected chi connectivity index (χ0v) is 20.3. The lowest BCUT2D eigenvalue weighted by atomic mass is 9.92. The number of ether oxygens (including phenoxy) is 1. The second kappa shape index (κ2) is 10.7. The Morgan fingerprint density at radius 3 is 1.50 bits per heavy atom. The van der Waals surface area contributed by atoms with Gasteiger partial charge in [-0.25, -0.2) is 0 Å². The molecular formula is C27H40N2O. The van der Waals surface area contributed by atoms with Crippen LogP contribution in [0.25, 0.3) is 0 Å². The number of aliphatic imine (C=N–C) groups is 1. The molecule has 2 rings (SSSR count). The van der Waals surface area contributed by atoms with Gasteiger partial charge >= 0.3 is 0 Å². The molecule has 0 bridgehead atoms. The van der Waals surface area contributed by atoms with Crippen molar-refractivity contribution >= 4 is 17.4 Å². The van der Waals surface area contributed by atoms with E-state index in [9.17, 15) is 0 Å². The van der Waals surface area contributed by atoms with Gasteiger partial charge in [-0.3, -0.25) is 0 Å². The first-order valence-corrected chi connectivity index (χ1v) is 11.4. The van der Waals surface area contributed by atoms with E-state index in [2.05, 4.69) is 97.1 Å². The van der Waals surface area contributed by atoms with E-state index < -0.39 is 0 Å². The topological polar surface area (TPSA) is 33.6 Å². The van der Waals surface area contributed by atoms with Crippen molar-refractivity contribution in [2.24, 2.45) is 4.99 Å². The lowest BCUT2D eigenvalue weighted by Crippen LogP contribution is -2.19. The fraction of sp³-hybridized carbons (Fsp3) is 0.519. The highest BCUT2D eigenvalue weighted by Crippen LogP contribution is 2.36. The lowest BCUT2D eigenvalue weighted by molar-refractivity contribution is 0.326. The Kier molecular flexibility index (Phi) is 8.52. The maximum atomic E-state index is 6.03. The third-order valence-electron chi connectivity index (χ3n) is 5.44. The van der Waals surface area contributed by atoms with Crippen molar-refractivity contribution in [2.45, 2.75) is 86.0 Å². The van der Waals surface area contributed by atoms with Gasteiger partial charge in [-0.15, -0.1) is 0 Å². The number of para-hydroxylation sites is 2. The van der Waals surface area contributed by atoms with Crippen molar-refractivity contribution in [2.75, 3.05) is 11.9 Å². The van der Waals surface area contributed by atoms with E-state index in [1.807, 2.05) is 6.92 Å². The van der Waals surface area contributed by atoms with Crippen molar-refractivity contribution in [3.63, 3.8) is 0 Å². The molecule has 0 amide bonds. The summed E-state index contributed by atoms with van der Waals surface area (Å²) in [5.41, 5.74) is 7.24. The van der Waals surface area contributed by atoms with E-state index in [1.165, 1.54) is 22.3 Å². The highest BCUT2D eigenvalue weighted by atomic mass is 16.5. The highest BCUT2D eigenvalue weighted by molar-refractivity contribution is 5.93. The molecule has 3 nitrogen and oxygen atoms in total. The van der Waals surface area contributed by atoms with E-state index in [4.69, 9.17) is 9.73 Å². The predicted octanol–water partition coefficient (Wildman–Crippen LogP) is 8.32. The smallest absolute Gasteiger partial charge is 0.294 e. The average Bonchev–Trinajstić information content (AvgIpc) is 2.67. The van der Waals surface area contributed by atoms with Crippen LogP contribution in [0.4, 0.5) is 11.4 Å². The van der Waals surface area contributed by atoms with Crippen molar-refractivity contribution in [1.82, 2.24) is 0 Å². The van der Waals surface area contributed by atoms with E-state index in [-0.39, 0.29) is 0 Å². The van der Waals surface area contributed by atoms with E-state index in [1.54, 1.807) is 0 Å². The molecule has 0 aliphatic heterocycles. The zero-order chi connectivity index (χ0) is 22.4. The summed E-state index contributed by atoms with van der Waals surface area (Å²) in [7, 11) is 0. The molecule has 0 atom stereocenters. The summed E-state index contributed by atoms with van der Waals surface area (Å²) in [6.45, 7) is 20.4. The summed E-state index contributed by atoms with van der Waals surface area (Å²) < 4.78 is 6.03. The van der Waals surface area contributed by atoms with Crippen LogP contribution in [0.2, 0.25) is 0 Å². The van der Waals surface area contributed by atoms with E-state index in [0.29, 0.717) is 36.3 Å². The number of hydrogen-bond acceptors (Lipinski definition) is 2. The minimum Gasteiger partial charge on any atom is -0.465 e. The van der Waals surface area contributed by atoms with Crippen LogP contribution in [0, 0.1) is 0 Å². The summed E-state index contributed by atoms with van der Waals surface area (Å²) in [4.78, 5) is 5.07. The Labute approximate surface area is 184 Å². The largest absolute Gasteiger partial charge is 0.465 e. The van der Waals surface area contributed by atoms with Crippen molar-refractivity contribution in [3.8, 4) is 0 Å². The van der Waals surface area contributed by atoms with Crippen LogP contribution in [0.5, 0.6) is 0 Å². The third-order valence-corrected chi connectivity index (χ3v) is 5.44. The summed E-state index contributed by atoms with van der Waals surface area (Å²) in [6, 6.07) is 13.6. The van der Waals surface area contributed by atoms with Crippen LogP contribution >= 0.6 is 0 Å². The molecule has 0 heterocycles. The Hall–Kier alpha value is -2.29. The van der Waals surface area contributed by atoms with Crippen molar-refractivity contribution in [1.29, 1.82) is 0 Å². The molecule has 164 valence electrons. The SMILES string of the molecule is CCOC(=Nc1c(C(C)C)cccc1C(C)C)Nc1c(C(C)C)cccc1C(C)C. The number of amidine groups is 1. The molecule has 2 aromatic carbocycles. The zero-order valence-electron chi connectivity index (χ0n) is 20.3. The van der Waals surface area contributed by atoms with Gasteiger partial charge in [0.15, 0.2) is 0 Å². The standard InChI is InChI=1S/C27H40N2O/c1-10-30-27(28-25-21(17(2)3)13-11-14-22(25)18(4)5)29-26-23(19(6)7)15-12-16-24(26)20(8)9/h11-20H,10H2,1-9H3,(H,28,29). The molecule has 0 radical (unpaired) electrons. The number of nitrogens with one attached hydrogen (secondary N) is 1. The molecule has 30 heavy (non-hydrogen) atoms. The normalized spacial score (nSPS) is 12.4. The lowest BCUT2D eigenvalue weighted by Gasteiger charge is -2.22. The summed E-state index contributed by atoms with van der Waals surface area (Å²) in [5.74, 6) is 1.59. The molecule has 0 aliphatic rings. The van der Waals surface area contributed by atoms with Gasteiger partial charge in [-0.05, 0) is 52.8 Å². The number of anilines is 1. The number of benzene rings is 2. The van der Waals surface area contributed by atoms with Crippen LogP contribution in [-0.4, -0.2) is 12.6 Å². The minimum atomic E-state index is 0.388. The summed E-state index contributed by atoms with van der Waals surface area (Å²) in [6.07, 6.45) is 0. The van der Waals surface area contributed by atoms with Gasteiger partial charge in [-0.1, -0.05) is 91.8 Å². The van der Waals surface area contributed by atoms with Crippen LogP contribution in [-0.2, 0) is 4.74 Å². The Bertz CT molecular complexity index is 811. The van der Waals surface area contributed by atoms with Crippen molar-refractivity contribution in [3.05, 3.63) is 58.7 Å². The molecule has 3 heteroatoms. The maximum absolute atomic E-state index is 6.03. The van der Waals surface area contributed by atoms with Crippen LogP contribution in [0.15, 0.2) is 41.4 Å². The molecule has 1 N–H and O–H groups in total. The predicted molar refractivity (Wildman–Crippen MR) is 132 cm³/mol. The van der Waals surface area contributed by atoms with Gasteiger partial charge in [0.05, 0.1) is 12.3 Å². The summed E-state index contributed by atoms with van der Waals surface area (Å²) in [5, 5.41) is 3.59. The van der Waals surface area contributed by atoms with Gasteiger partial charge in [0.1, 0.15) is 0 Å². The second-order valence-electron chi connectivity index (χ2n) is 9.19. The van der Waals surface area contributed by atoms with E-state index in [0.717, 1.165) is 11.4 Å². The molecule has 0 saturated carbocycles. The number of hydrogen-bond donors (Lipinski definition) is 1. The quantitative estimate of drug-likeness (QED) is 0.369. The van der Waals surface area contributed by atoms with Crippen LogP contribution in [0.3, 0.4) is 0 Å². The molecule has 0 aromatic heterocycles. The van der Waals surface area contributed by atoms with Crippen LogP contribution < -0.4 is 5.32 Å². The van der Waals surface area contributed by atoms with Gasteiger partial charge in [-0.2, -0.15) is 4.99 Å². The second-order valence-corrected chi connectivity index (χ2v) is 9.19. The molecule has 0 unspecified atom stereocenters. The van der Waals surface area contributed by atoms with Gasteiger partial charge in [0.25, 0.3) is 6.02 Å². The molecular weight excluding hydrogens is 368 g/mol. The molecule has 0 spiro atoms. The van der Waals surface area contributed by atoms with Gasteiger partial charge < -0.3 is 10.1 Å². The minimum absolute atomic E-state index is 0.388. The average molecular weight is 409 g/mol. The maximum Gasteiger partial charge on any atom is 0.294 e. The first kappa shape index (κ1) is 24.0. The van der Waals surface area contributed by atoms with Crippen LogP contribution in [0.1, 0.15) is 108 Å². The number of rotatable bonds is 7.